The van der Waals surface area contributed by atoms with Crippen LogP contribution < -0.4 is 0 Å². The fourth-order valence-corrected chi connectivity index (χ4v) is 9.37. The van der Waals surface area contributed by atoms with E-state index in [0.717, 1.165) is 25.7 Å². The number of Topliss-reactive ketones (excluding diaryl/α,β-unsaturated/α-hetero) is 1. The molecule has 3 heteroatoms. The minimum Gasteiger partial charge on any atom is -0.478 e. The molecule has 0 bridgehead atoms. The van der Waals surface area contributed by atoms with Gasteiger partial charge in [0.15, 0.2) is 0 Å². The molecule has 0 spiro atoms. The number of carboxylic acids is 1. The van der Waals surface area contributed by atoms with E-state index in [9.17, 15) is 9.59 Å². The molecule has 7 unspecified atom stereocenters. The maximum absolute atomic E-state index is 12.8. The summed E-state index contributed by atoms with van der Waals surface area (Å²) in [5, 5.41) is 9.14. The first kappa shape index (κ1) is 24.7. The molecule has 4 aliphatic carbocycles. The first-order valence-electron chi connectivity index (χ1n) is 13.4. The van der Waals surface area contributed by atoms with Crippen LogP contribution in [0.3, 0.4) is 0 Å². The number of carbonyl (C=O) groups is 2. The van der Waals surface area contributed by atoms with Gasteiger partial charge in [0.1, 0.15) is 5.78 Å². The Hall–Kier alpha value is -1.38. The predicted octanol–water partition coefficient (Wildman–Crippen LogP) is 7.61. The van der Waals surface area contributed by atoms with E-state index in [-0.39, 0.29) is 16.2 Å². The van der Waals surface area contributed by atoms with Crippen LogP contribution in [0.5, 0.6) is 0 Å². The summed E-state index contributed by atoms with van der Waals surface area (Å²) in [4.78, 5) is 24.0. The summed E-state index contributed by atoms with van der Waals surface area (Å²) in [5.41, 5.74) is 2.78. The number of fused-ring (bicyclic) bond motifs is 5. The van der Waals surface area contributed by atoms with Crippen LogP contribution >= 0.6 is 0 Å². The van der Waals surface area contributed by atoms with Gasteiger partial charge in [-0.1, -0.05) is 59.3 Å². The van der Waals surface area contributed by atoms with Gasteiger partial charge in [-0.05, 0) is 98.2 Å². The van der Waals surface area contributed by atoms with Gasteiger partial charge < -0.3 is 5.11 Å². The number of carbonyl (C=O) groups excluding carboxylic acids is 1. The van der Waals surface area contributed by atoms with Gasteiger partial charge in [0.05, 0.1) is 0 Å². The number of rotatable bonds is 5. The molecule has 1 N–H and O–H groups in total. The first-order valence-corrected chi connectivity index (χ1v) is 13.4. The second-order valence-electron chi connectivity index (χ2n) is 13.3. The lowest BCUT2D eigenvalue weighted by Gasteiger charge is -2.67. The Morgan fingerprint density at radius 1 is 1.12 bits per heavy atom. The van der Waals surface area contributed by atoms with Gasteiger partial charge in [0.2, 0.25) is 0 Å². The molecule has 0 aliphatic heterocycles. The zero-order valence-corrected chi connectivity index (χ0v) is 22.1. The summed E-state index contributed by atoms with van der Waals surface area (Å²) in [6.07, 6.45) is 14.4. The Bertz CT molecular complexity index is 894. The average Bonchev–Trinajstić information content (AvgIpc) is 3.09. The highest BCUT2D eigenvalue weighted by atomic mass is 16.4. The molecule has 0 heterocycles. The minimum absolute atomic E-state index is 0.187. The topological polar surface area (TPSA) is 54.4 Å². The van der Waals surface area contributed by atoms with Gasteiger partial charge in [-0.3, -0.25) is 4.79 Å². The molecular formula is C30H46O3. The maximum Gasteiger partial charge on any atom is 0.330 e. The first-order chi connectivity index (χ1) is 15.3. The standard InChI is InChI=1S/C30H46O3/c1-19(9-8-10-20(2)26(32)33)21-13-17-29(6)22(21)11-12-24-28(5)16-15-25(31)27(3,4)23(28)14-18-30(24,29)7/h10-11,19,21,23-24H,8-9,12-18H2,1-7H3,(H,32,33). The number of carboxylic acid groups (broad SMARTS) is 1. The normalized spacial score (nSPS) is 43.2. The SMILES string of the molecule is CC(=CCCC(C)C1CCC2(C)C1=CCC1C3(C)CCC(=O)C(C)(C)C3CCC12C)C(=O)O. The Morgan fingerprint density at radius 2 is 1.82 bits per heavy atom. The number of allylic oxidation sites excluding steroid dienone is 3. The van der Waals surface area contributed by atoms with E-state index >= 15 is 0 Å². The summed E-state index contributed by atoms with van der Waals surface area (Å²) in [7, 11) is 0. The lowest BCUT2D eigenvalue weighted by atomic mass is 9.37. The van der Waals surface area contributed by atoms with E-state index in [1.165, 1.54) is 32.1 Å². The molecule has 7 atom stereocenters. The largest absolute Gasteiger partial charge is 0.478 e. The highest BCUT2D eigenvalue weighted by Gasteiger charge is 2.66. The van der Waals surface area contributed by atoms with Crippen LogP contribution in [0.1, 0.15) is 106 Å². The second kappa shape index (κ2) is 8.09. The molecule has 0 aromatic heterocycles. The molecule has 0 amide bonds. The third-order valence-electron chi connectivity index (χ3n) is 11.7. The van der Waals surface area contributed by atoms with Crippen molar-refractivity contribution in [2.45, 2.75) is 106 Å². The third-order valence-corrected chi connectivity index (χ3v) is 11.7. The van der Waals surface area contributed by atoms with Gasteiger partial charge >= 0.3 is 5.97 Å². The summed E-state index contributed by atoms with van der Waals surface area (Å²) in [5.74, 6) is 2.04. The predicted molar refractivity (Wildman–Crippen MR) is 134 cm³/mol. The summed E-state index contributed by atoms with van der Waals surface area (Å²) < 4.78 is 0. The van der Waals surface area contributed by atoms with Crippen molar-refractivity contribution in [1.82, 2.24) is 0 Å². The van der Waals surface area contributed by atoms with E-state index in [1.807, 2.05) is 6.08 Å². The molecule has 4 aliphatic rings. The number of hydrogen-bond acceptors (Lipinski definition) is 2. The van der Waals surface area contributed by atoms with E-state index < -0.39 is 5.97 Å². The second-order valence-corrected chi connectivity index (χ2v) is 13.3. The number of ketones is 1. The molecule has 0 radical (unpaired) electrons. The number of aliphatic carboxylic acids is 1. The Labute approximate surface area is 201 Å². The van der Waals surface area contributed by atoms with Crippen LogP contribution in [0.25, 0.3) is 0 Å². The van der Waals surface area contributed by atoms with Gasteiger partial charge in [-0.2, -0.15) is 0 Å². The van der Waals surface area contributed by atoms with Crippen molar-refractivity contribution in [1.29, 1.82) is 0 Å². The minimum atomic E-state index is -0.804. The molecule has 3 saturated carbocycles. The van der Waals surface area contributed by atoms with Crippen LogP contribution in [0.2, 0.25) is 0 Å². The molecule has 3 fully saturated rings. The lowest BCUT2D eigenvalue weighted by molar-refractivity contribution is -0.174. The van der Waals surface area contributed by atoms with Crippen molar-refractivity contribution in [3.8, 4) is 0 Å². The van der Waals surface area contributed by atoms with Crippen LogP contribution in [-0.2, 0) is 9.59 Å². The van der Waals surface area contributed by atoms with Crippen LogP contribution in [0.15, 0.2) is 23.3 Å². The van der Waals surface area contributed by atoms with E-state index in [2.05, 4.69) is 47.6 Å². The Kier molecular flexibility index (Phi) is 6.07. The monoisotopic (exact) mass is 454 g/mol. The molecule has 184 valence electrons. The van der Waals surface area contributed by atoms with Crippen molar-refractivity contribution in [3.63, 3.8) is 0 Å². The fourth-order valence-electron chi connectivity index (χ4n) is 9.37. The quantitative estimate of drug-likeness (QED) is 0.343. The highest BCUT2D eigenvalue weighted by molar-refractivity contribution is 5.86. The van der Waals surface area contributed by atoms with Crippen molar-refractivity contribution >= 4 is 11.8 Å². The lowest BCUT2D eigenvalue weighted by Crippen LogP contribution is -2.61. The molecular weight excluding hydrogens is 408 g/mol. The fraction of sp³-hybridized carbons (Fsp3) is 0.800. The third kappa shape index (κ3) is 3.50. The maximum atomic E-state index is 12.8. The zero-order valence-electron chi connectivity index (χ0n) is 22.1. The molecule has 3 nitrogen and oxygen atoms in total. The van der Waals surface area contributed by atoms with Crippen LogP contribution in [0.4, 0.5) is 0 Å². The van der Waals surface area contributed by atoms with Crippen LogP contribution in [-0.4, -0.2) is 16.9 Å². The molecule has 0 aromatic carbocycles. The highest BCUT2D eigenvalue weighted by Crippen LogP contribution is 2.74. The smallest absolute Gasteiger partial charge is 0.330 e. The van der Waals surface area contributed by atoms with Crippen molar-refractivity contribution in [2.24, 2.45) is 45.3 Å². The van der Waals surface area contributed by atoms with Crippen LogP contribution in [0, 0.1) is 45.3 Å². The van der Waals surface area contributed by atoms with Gasteiger partial charge in [0.25, 0.3) is 0 Å². The van der Waals surface area contributed by atoms with E-state index in [0.29, 0.717) is 40.4 Å². The van der Waals surface area contributed by atoms with E-state index in [4.69, 9.17) is 5.11 Å². The summed E-state index contributed by atoms with van der Waals surface area (Å²) in [6, 6.07) is 0. The van der Waals surface area contributed by atoms with Crippen molar-refractivity contribution in [3.05, 3.63) is 23.3 Å². The van der Waals surface area contributed by atoms with Gasteiger partial charge in [-0.15, -0.1) is 0 Å². The van der Waals surface area contributed by atoms with E-state index in [1.54, 1.807) is 12.5 Å². The van der Waals surface area contributed by atoms with Crippen molar-refractivity contribution < 1.29 is 14.7 Å². The summed E-state index contributed by atoms with van der Waals surface area (Å²) in [6.45, 7) is 16.2. The van der Waals surface area contributed by atoms with Crippen molar-refractivity contribution in [2.75, 3.05) is 0 Å². The molecule has 0 saturated heterocycles. The van der Waals surface area contributed by atoms with Gasteiger partial charge in [0, 0.05) is 17.4 Å². The summed E-state index contributed by atoms with van der Waals surface area (Å²) >= 11 is 0. The Balaban J connectivity index is 1.59. The average molecular weight is 455 g/mol. The zero-order chi connectivity index (χ0) is 24.4. The molecule has 33 heavy (non-hydrogen) atoms. The number of hydrogen-bond donors (Lipinski definition) is 1. The Morgan fingerprint density at radius 3 is 2.48 bits per heavy atom. The molecule has 4 rings (SSSR count). The van der Waals surface area contributed by atoms with Gasteiger partial charge in [-0.25, -0.2) is 4.79 Å². The molecule has 0 aromatic rings.